The number of hydrogen-bond donors (Lipinski definition) is 0. The maximum absolute atomic E-state index is 4.41. The molecule has 0 bridgehead atoms. The highest BCUT2D eigenvalue weighted by Crippen LogP contribution is 2.27. The third-order valence-corrected chi connectivity index (χ3v) is 3.55. The minimum Gasteiger partial charge on any atom is -0.255 e. The average Bonchev–Trinajstić information content (AvgIpc) is 2.32. The SMILES string of the molecule is C=CCc1c(Br)ccnc1-c1cc(Br)ccn1. The Labute approximate surface area is 117 Å². The van der Waals surface area contributed by atoms with E-state index in [4.69, 9.17) is 0 Å². The van der Waals surface area contributed by atoms with Crippen LogP contribution in [0.1, 0.15) is 5.56 Å². The Morgan fingerprint density at radius 1 is 1.18 bits per heavy atom. The fraction of sp³-hybridized carbons (Fsp3) is 0.0769. The molecule has 0 aromatic carbocycles. The van der Waals surface area contributed by atoms with Crippen LogP contribution in [0, 0.1) is 0 Å². The number of allylic oxidation sites excluding steroid dienone is 1. The van der Waals surface area contributed by atoms with Gasteiger partial charge in [0.25, 0.3) is 0 Å². The van der Waals surface area contributed by atoms with Gasteiger partial charge in [-0.25, -0.2) is 0 Å². The van der Waals surface area contributed by atoms with Gasteiger partial charge >= 0.3 is 0 Å². The summed E-state index contributed by atoms with van der Waals surface area (Å²) in [7, 11) is 0. The van der Waals surface area contributed by atoms with Crippen LogP contribution in [0.2, 0.25) is 0 Å². The summed E-state index contributed by atoms with van der Waals surface area (Å²) in [6, 6.07) is 5.79. The van der Waals surface area contributed by atoms with Crippen molar-refractivity contribution in [3.63, 3.8) is 0 Å². The summed E-state index contributed by atoms with van der Waals surface area (Å²) in [6.45, 7) is 3.77. The van der Waals surface area contributed by atoms with Gasteiger partial charge in [0.1, 0.15) is 0 Å². The first-order valence-electron chi connectivity index (χ1n) is 5.08. The summed E-state index contributed by atoms with van der Waals surface area (Å²) in [5.41, 5.74) is 2.85. The minimum atomic E-state index is 0.762. The van der Waals surface area contributed by atoms with E-state index in [1.165, 1.54) is 0 Å². The maximum atomic E-state index is 4.41. The predicted octanol–water partition coefficient (Wildman–Crippen LogP) is 4.40. The number of aromatic nitrogens is 2. The van der Waals surface area contributed by atoms with Gasteiger partial charge in [0.2, 0.25) is 0 Å². The molecule has 0 aliphatic carbocycles. The van der Waals surface area contributed by atoms with E-state index in [2.05, 4.69) is 48.4 Å². The van der Waals surface area contributed by atoms with E-state index in [1.807, 2.05) is 24.3 Å². The third kappa shape index (κ3) is 2.82. The van der Waals surface area contributed by atoms with Gasteiger partial charge in [-0.1, -0.05) is 37.9 Å². The Morgan fingerprint density at radius 2 is 1.94 bits per heavy atom. The molecule has 86 valence electrons. The van der Waals surface area contributed by atoms with Crippen molar-refractivity contribution < 1.29 is 0 Å². The highest BCUT2D eigenvalue weighted by atomic mass is 79.9. The largest absolute Gasteiger partial charge is 0.255 e. The van der Waals surface area contributed by atoms with Crippen LogP contribution in [-0.4, -0.2) is 9.97 Å². The quantitative estimate of drug-likeness (QED) is 0.764. The zero-order valence-corrected chi connectivity index (χ0v) is 12.2. The molecule has 2 heterocycles. The van der Waals surface area contributed by atoms with Crippen molar-refractivity contribution in [2.75, 3.05) is 0 Å². The molecule has 0 saturated carbocycles. The Kier molecular flexibility index (Phi) is 4.07. The van der Waals surface area contributed by atoms with Crippen molar-refractivity contribution in [2.45, 2.75) is 6.42 Å². The Hall–Kier alpha value is -1.00. The zero-order chi connectivity index (χ0) is 12.3. The number of pyridine rings is 2. The van der Waals surface area contributed by atoms with Gasteiger partial charge in [-0.15, -0.1) is 6.58 Å². The Morgan fingerprint density at radius 3 is 2.65 bits per heavy atom. The van der Waals surface area contributed by atoms with Crippen LogP contribution >= 0.6 is 31.9 Å². The molecule has 2 aromatic rings. The molecule has 17 heavy (non-hydrogen) atoms. The molecule has 0 aliphatic heterocycles. The second kappa shape index (κ2) is 5.56. The molecule has 0 unspecified atom stereocenters. The molecule has 0 saturated heterocycles. The summed E-state index contributed by atoms with van der Waals surface area (Å²) in [6.07, 6.45) is 6.16. The smallest absolute Gasteiger partial charge is 0.0932 e. The summed E-state index contributed by atoms with van der Waals surface area (Å²) in [5, 5.41) is 0. The first kappa shape index (κ1) is 12.5. The average molecular weight is 354 g/mol. The summed E-state index contributed by atoms with van der Waals surface area (Å²) >= 11 is 6.98. The zero-order valence-electron chi connectivity index (χ0n) is 9.03. The molecule has 0 radical (unpaired) electrons. The second-order valence-electron chi connectivity index (χ2n) is 3.47. The monoisotopic (exact) mass is 352 g/mol. The normalized spacial score (nSPS) is 10.2. The summed E-state index contributed by atoms with van der Waals surface area (Å²) in [5.74, 6) is 0. The van der Waals surface area contributed by atoms with Gasteiger partial charge in [0, 0.05) is 21.3 Å². The van der Waals surface area contributed by atoms with Crippen molar-refractivity contribution in [1.82, 2.24) is 9.97 Å². The third-order valence-electron chi connectivity index (χ3n) is 2.31. The van der Waals surface area contributed by atoms with Crippen molar-refractivity contribution >= 4 is 31.9 Å². The molecule has 2 aromatic heterocycles. The van der Waals surface area contributed by atoms with Crippen LogP contribution < -0.4 is 0 Å². The van der Waals surface area contributed by atoms with Gasteiger partial charge in [-0.3, -0.25) is 9.97 Å². The Balaban J connectivity index is 2.58. The first-order valence-corrected chi connectivity index (χ1v) is 6.67. The summed E-state index contributed by atoms with van der Waals surface area (Å²) in [4.78, 5) is 8.75. The van der Waals surface area contributed by atoms with Gasteiger partial charge in [-0.05, 0) is 30.2 Å². The topological polar surface area (TPSA) is 25.8 Å². The van der Waals surface area contributed by atoms with Gasteiger partial charge in [0.05, 0.1) is 11.4 Å². The fourth-order valence-corrected chi connectivity index (χ4v) is 2.37. The van der Waals surface area contributed by atoms with Crippen molar-refractivity contribution in [3.05, 3.63) is 57.8 Å². The van der Waals surface area contributed by atoms with Gasteiger partial charge < -0.3 is 0 Å². The van der Waals surface area contributed by atoms with E-state index >= 15 is 0 Å². The van der Waals surface area contributed by atoms with E-state index in [-0.39, 0.29) is 0 Å². The molecule has 0 atom stereocenters. The van der Waals surface area contributed by atoms with Gasteiger partial charge in [0.15, 0.2) is 0 Å². The van der Waals surface area contributed by atoms with Crippen LogP contribution in [0.4, 0.5) is 0 Å². The predicted molar refractivity (Wildman–Crippen MR) is 76.8 cm³/mol. The Bertz CT molecular complexity index is 553. The van der Waals surface area contributed by atoms with E-state index in [0.717, 1.165) is 32.3 Å². The van der Waals surface area contributed by atoms with E-state index < -0.39 is 0 Å². The number of rotatable bonds is 3. The molecule has 0 fully saturated rings. The molecule has 2 nitrogen and oxygen atoms in total. The van der Waals surface area contributed by atoms with E-state index in [9.17, 15) is 0 Å². The van der Waals surface area contributed by atoms with Crippen LogP contribution in [-0.2, 0) is 6.42 Å². The molecular formula is C13H10Br2N2. The number of halogens is 2. The maximum Gasteiger partial charge on any atom is 0.0932 e. The van der Waals surface area contributed by atoms with Crippen LogP contribution in [0.5, 0.6) is 0 Å². The van der Waals surface area contributed by atoms with Crippen LogP contribution in [0.15, 0.2) is 52.2 Å². The van der Waals surface area contributed by atoms with E-state index in [1.54, 1.807) is 12.4 Å². The molecule has 0 spiro atoms. The molecule has 0 aliphatic rings. The highest BCUT2D eigenvalue weighted by Gasteiger charge is 2.10. The molecule has 0 amide bonds. The molecule has 0 N–H and O–H groups in total. The lowest BCUT2D eigenvalue weighted by molar-refractivity contribution is 1.15. The van der Waals surface area contributed by atoms with Crippen molar-refractivity contribution in [3.8, 4) is 11.4 Å². The molecule has 4 heteroatoms. The summed E-state index contributed by atoms with van der Waals surface area (Å²) < 4.78 is 2.03. The fourth-order valence-electron chi connectivity index (χ4n) is 1.56. The molecular weight excluding hydrogens is 344 g/mol. The lowest BCUT2D eigenvalue weighted by atomic mass is 10.1. The van der Waals surface area contributed by atoms with Crippen molar-refractivity contribution in [2.24, 2.45) is 0 Å². The number of hydrogen-bond acceptors (Lipinski definition) is 2. The second-order valence-corrected chi connectivity index (χ2v) is 5.24. The standard InChI is InChI=1S/C13H10Br2N2/c1-2-3-10-11(15)5-7-17-13(10)12-8-9(14)4-6-16-12/h2,4-8H,1,3H2. The lowest BCUT2D eigenvalue weighted by Crippen LogP contribution is -1.95. The van der Waals surface area contributed by atoms with Crippen molar-refractivity contribution in [1.29, 1.82) is 0 Å². The van der Waals surface area contributed by atoms with E-state index in [0.29, 0.717) is 0 Å². The first-order chi connectivity index (χ1) is 8.22. The number of nitrogens with zero attached hydrogens (tertiary/aromatic N) is 2. The van der Waals surface area contributed by atoms with Crippen LogP contribution in [0.3, 0.4) is 0 Å². The lowest BCUT2D eigenvalue weighted by Gasteiger charge is -2.08. The minimum absolute atomic E-state index is 0.762. The molecule has 2 rings (SSSR count). The highest BCUT2D eigenvalue weighted by molar-refractivity contribution is 9.10. The van der Waals surface area contributed by atoms with Gasteiger partial charge in [-0.2, -0.15) is 0 Å². The van der Waals surface area contributed by atoms with Crippen LogP contribution in [0.25, 0.3) is 11.4 Å².